The Morgan fingerprint density at radius 2 is 0.823 bits per heavy atom. The maximum atomic E-state index is 12.8. The molecule has 0 spiro atoms. The van der Waals surface area contributed by atoms with Gasteiger partial charge in [0.2, 0.25) is 23.6 Å². The number of rotatable bonds is 55. The molecule has 4 amide bonds. The highest BCUT2D eigenvalue weighted by Gasteiger charge is 2.15. The minimum atomic E-state index is -1.30. The van der Waals surface area contributed by atoms with E-state index in [9.17, 15) is 58.8 Å². The fraction of sp³-hybridized carbons (Fsp3) is 0.755. The molecule has 450 valence electrons. The molecule has 79 heavy (non-hydrogen) atoms. The van der Waals surface area contributed by atoms with Gasteiger partial charge in [-0.2, -0.15) is 0 Å². The molecule has 0 radical (unpaired) electrons. The van der Waals surface area contributed by atoms with Crippen molar-refractivity contribution in [1.82, 2.24) is 51.0 Å². The van der Waals surface area contributed by atoms with E-state index in [1.807, 2.05) is 4.90 Å². The molecule has 0 fully saturated rings. The number of carbonyl (C=O) groups excluding carboxylic acids is 8. The van der Waals surface area contributed by atoms with Gasteiger partial charge in [-0.15, -0.1) is 11.0 Å². The summed E-state index contributed by atoms with van der Waals surface area (Å²) in [5.41, 5.74) is 0.546. The molecule has 0 unspecified atom stereocenters. The molecule has 0 bridgehead atoms. The highest BCUT2D eigenvalue weighted by molar-refractivity contribution is 5.78. The van der Waals surface area contributed by atoms with Crippen LogP contribution < -0.4 is 41.7 Å². The van der Waals surface area contributed by atoms with Gasteiger partial charge in [0.1, 0.15) is 13.2 Å². The highest BCUT2D eigenvalue weighted by Crippen LogP contribution is 2.05. The fourth-order valence-electron chi connectivity index (χ4n) is 6.49. The zero-order valence-corrected chi connectivity index (χ0v) is 45.4. The number of hydrogen-bond acceptors (Lipinski definition) is 25. The van der Waals surface area contributed by atoms with Crippen LogP contribution in [-0.2, 0) is 89.3 Å². The third-order valence-corrected chi connectivity index (χ3v) is 10.6. The number of amides is 4. The van der Waals surface area contributed by atoms with Crippen LogP contribution in [0.1, 0.15) is 51.1 Å². The first-order valence-corrected chi connectivity index (χ1v) is 26.1. The van der Waals surface area contributed by atoms with E-state index in [0.717, 1.165) is 0 Å². The molecule has 1 rings (SSSR count). The Morgan fingerprint density at radius 3 is 1.24 bits per heavy atom. The third-order valence-electron chi connectivity index (χ3n) is 10.6. The van der Waals surface area contributed by atoms with Crippen LogP contribution in [0.25, 0.3) is 0 Å². The number of nitrogens with zero attached hydrogens (tertiary/aromatic N) is 6. The lowest BCUT2D eigenvalue weighted by Crippen LogP contribution is -2.41. The normalized spacial score (nSPS) is 11.1. The topological polar surface area (TPSA) is 391 Å². The first-order valence-electron chi connectivity index (χ1n) is 26.1. The summed E-state index contributed by atoms with van der Waals surface area (Å²) in [5, 5.41) is 62.9. The first-order chi connectivity index (χ1) is 38.2. The molecule has 1 aromatic rings. The smallest absolute Gasteiger partial charge is 0.246 e. The van der Waals surface area contributed by atoms with Crippen molar-refractivity contribution in [3.05, 3.63) is 11.9 Å². The summed E-state index contributed by atoms with van der Waals surface area (Å²) >= 11 is 0. The summed E-state index contributed by atoms with van der Waals surface area (Å²) in [5.74, 6) is -0.983. The maximum absolute atomic E-state index is 12.8. The Morgan fingerprint density at radius 1 is 0.456 bits per heavy atom. The molecule has 0 saturated heterocycles. The van der Waals surface area contributed by atoms with Crippen molar-refractivity contribution in [2.24, 2.45) is 0 Å². The maximum Gasteiger partial charge on any atom is 0.246 e. The Kier molecular flexibility index (Phi) is 44.1. The molecule has 30 heteroatoms. The molecule has 0 aromatic carbocycles. The van der Waals surface area contributed by atoms with Gasteiger partial charge in [0.25, 0.3) is 0 Å². The number of carboxylic acids is 4. The minimum absolute atomic E-state index is 0.00800. The molecule has 0 saturated carbocycles. The van der Waals surface area contributed by atoms with Crippen molar-refractivity contribution in [2.45, 2.75) is 58.5 Å². The van der Waals surface area contributed by atoms with Crippen LogP contribution >= 0.6 is 0 Å². The average Bonchev–Trinajstić information content (AvgIpc) is 3.86. The second kappa shape index (κ2) is 49.1. The van der Waals surface area contributed by atoms with E-state index < -0.39 is 23.9 Å². The van der Waals surface area contributed by atoms with E-state index >= 15 is 0 Å². The van der Waals surface area contributed by atoms with E-state index in [-0.39, 0.29) is 167 Å². The molecular formula is C49H80N10O20-4. The Hall–Kier alpha value is -5.98. The quantitative estimate of drug-likeness (QED) is 0.0348. The summed E-state index contributed by atoms with van der Waals surface area (Å²) < 4.78 is 45.0. The van der Waals surface area contributed by atoms with Gasteiger partial charge in [-0.05, 0) is 32.6 Å². The molecule has 1 heterocycles. The number of carbonyl (C=O) groups is 8. The average molecular weight is 1130 g/mol. The van der Waals surface area contributed by atoms with E-state index in [1.165, 1.54) is 0 Å². The summed E-state index contributed by atoms with van der Waals surface area (Å²) in [6.07, 6.45) is 0.450. The van der Waals surface area contributed by atoms with Crippen molar-refractivity contribution in [2.75, 3.05) is 184 Å². The van der Waals surface area contributed by atoms with E-state index in [0.29, 0.717) is 98.0 Å². The summed E-state index contributed by atoms with van der Waals surface area (Å²) in [4.78, 5) is 97.8. The van der Waals surface area contributed by atoms with Crippen LogP contribution in [0.4, 0.5) is 0 Å². The molecular weight excluding hydrogens is 1050 g/mol. The molecule has 30 nitrogen and oxygen atoms in total. The summed E-state index contributed by atoms with van der Waals surface area (Å²) in [6, 6.07) is 0. The van der Waals surface area contributed by atoms with E-state index in [1.54, 1.807) is 27.6 Å². The highest BCUT2D eigenvalue weighted by atomic mass is 16.6. The zero-order chi connectivity index (χ0) is 58.0. The second-order valence-electron chi connectivity index (χ2n) is 17.0. The predicted octanol–water partition coefficient (Wildman–Crippen LogP) is -8.35. The number of ether oxygens (including phenoxy) is 8. The lowest BCUT2D eigenvalue weighted by atomic mass is 10.2. The number of hydrogen-bond donors (Lipinski definition) is 4. The van der Waals surface area contributed by atoms with E-state index in [2.05, 4.69) is 43.4 Å². The third kappa shape index (κ3) is 46.6. The largest absolute Gasteiger partial charge is 0.550 e. The van der Waals surface area contributed by atoms with Crippen LogP contribution in [0, 0.1) is 11.8 Å². The van der Waals surface area contributed by atoms with Crippen LogP contribution in [0.3, 0.4) is 0 Å². The molecule has 1 aromatic heterocycles. The predicted molar refractivity (Wildman–Crippen MR) is 268 cm³/mol. The molecule has 4 N–H and O–H groups in total. The number of aliphatic carboxylic acids is 4. The van der Waals surface area contributed by atoms with Crippen molar-refractivity contribution in [3.8, 4) is 11.8 Å². The van der Waals surface area contributed by atoms with Crippen LogP contribution in [-0.4, -0.2) is 261 Å². The van der Waals surface area contributed by atoms with Crippen molar-refractivity contribution in [1.29, 1.82) is 0 Å². The summed E-state index contributed by atoms with van der Waals surface area (Å²) in [7, 11) is 0. The van der Waals surface area contributed by atoms with Crippen LogP contribution in [0.15, 0.2) is 6.20 Å². The van der Waals surface area contributed by atoms with E-state index in [4.69, 9.17) is 37.9 Å². The van der Waals surface area contributed by atoms with Gasteiger partial charge in [0, 0.05) is 121 Å². The number of carboxylic acid groups (broad SMARTS) is 4. The van der Waals surface area contributed by atoms with Gasteiger partial charge >= 0.3 is 0 Å². The second-order valence-corrected chi connectivity index (χ2v) is 17.0. The van der Waals surface area contributed by atoms with Gasteiger partial charge < -0.3 is 109 Å². The van der Waals surface area contributed by atoms with Crippen molar-refractivity contribution < 1.29 is 96.7 Å². The Labute approximate surface area is 460 Å². The van der Waals surface area contributed by atoms with Gasteiger partial charge in [0.15, 0.2) is 0 Å². The number of nitrogens with one attached hydrogen (secondary N) is 4. The summed E-state index contributed by atoms with van der Waals surface area (Å²) in [6.45, 7) is 8.24. The minimum Gasteiger partial charge on any atom is -0.550 e. The molecule has 0 aliphatic carbocycles. The van der Waals surface area contributed by atoms with Crippen LogP contribution in [0.5, 0.6) is 0 Å². The van der Waals surface area contributed by atoms with Gasteiger partial charge in [-0.3, -0.25) is 24.1 Å². The van der Waals surface area contributed by atoms with Gasteiger partial charge in [-0.25, -0.2) is 4.68 Å². The number of aromatic nitrogens is 3. The molecule has 0 atom stereocenters. The SMILES string of the molecule is CC#CCNC(=O)COCCOCCOCCOCCNC(=O)COCCOCCOCCOCCn1cc(CN(CCC(=O)NCCN(CCC(=O)[O-])CCC(=O)[O-])CCC(=O)NCCN(CCC(=O)[O-])CCC(=O)[O-])nn1. The Bertz CT molecular complexity index is 1820. The van der Waals surface area contributed by atoms with Crippen LogP contribution in [0.2, 0.25) is 0 Å². The fourth-order valence-corrected chi connectivity index (χ4v) is 6.49. The van der Waals surface area contributed by atoms with Crippen molar-refractivity contribution in [3.63, 3.8) is 0 Å². The zero-order valence-electron chi connectivity index (χ0n) is 45.4. The molecule has 0 aliphatic heterocycles. The molecule has 0 aliphatic rings. The monoisotopic (exact) mass is 1130 g/mol. The lowest BCUT2D eigenvalue weighted by Gasteiger charge is -2.24. The van der Waals surface area contributed by atoms with Crippen molar-refractivity contribution >= 4 is 47.5 Å². The lowest BCUT2D eigenvalue weighted by molar-refractivity contribution is -0.308. The van der Waals surface area contributed by atoms with Gasteiger partial charge in [0.05, 0.1) is 111 Å². The first kappa shape index (κ1) is 71.0. The Balaban J connectivity index is 2.31. The standard InChI is InChI=1S/C49H84N10O20/c1-2-3-10-50-44(62)39-78-35-33-76-31-29-74-27-25-72-23-13-53-45(63)40-79-36-34-77-32-30-75-28-26-73-24-22-59-38-41(54-55-59)37-58(14-4-42(60)51-11-20-56(16-6-46(64)65)17-7-47(66)67)15-5-43(61)52-12-21-57(18-8-48(68)69)19-9-49(70)71/h38H,4-37,39-40H2,1H3,(H,50,62)(H,51,60)(H,52,61)(H,53,63)(H,64,65)(H,66,67)(H,68,69)(H,70,71)/p-4. The van der Waals surface area contributed by atoms with Gasteiger partial charge in [-0.1, -0.05) is 11.1 Å².